The van der Waals surface area contributed by atoms with Gasteiger partial charge in [-0.05, 0) is 43.4 Å². The predicted octanol–water partition coefficient (Wildman–Crippen LogP) is 6.01. The third-order valence-corrected chi connectivity index (χ3v) is 3.38. The number of hydrogen-bond acceptors (Lipinski definition) is 1. The van der Waals surface area contributed by atoms with Crippen molar-refractivity contribution in [3.8, 4) is 0 Å². The Bertz CT molecular complexity index is 233. The third-order valence-electron chi connectivity index (χ3n) is 3.27. The monoisotopic (exact) mass is 272 g/mol. The molecule has 0 rings (SSSR count). The second kappa shape index (κ2) is 13.1. The second-order valence-electron chi connectivity index (χ2n) is 5.08. The van der Waals surface area contributed by atoms with Crippen LogP contribution >= 0.6 is 11.6 Å². The molecule has 0 bridgehead atoms. The molecule has 0 aliphatic carbocycles. The fourth-order valence-electron chi connectivity index (χ4n) is 2.16. The summed E-state index contributed by atoms with van der Waals surface area (Å²) in [6, 6.07) is 0. The summed E-state index contributed by atoms with van der Waals surface area (Å²) in [4.78, 5) is 11.0. The summed E-state index contributed by atoms with van der Waals surface area (Å²) in [6.07, 6.45) is 15.1. The summed E-state index contributed by atoms with van der Waals surface area (Å²) in [5.74, 6) is 0. The van der Waals surface area contributed by atoms with Gasteiger partial charge < -0.3 is 0 Å². The van der Waals surface area contributed by atoms with Gasteiger partial charge in [0.25, 0.3) is 0 Å². The van der Waals surface area contributed by atoms with Crippen molar-refractivity contribution < 1.29 is 4.79 Å². The molecule has 0 amide bonds. The van der Waals surface area contributed by atoms with Gasteiger partial charge in [-0.1, -0.05) is 64.4 Å². The Morgan fingerprint density at radius 3 is 1.72 bits per heavy atom. The van der Waals surface area contributed by atoms with Crippen LogP contribution in [0, 0.1) is 0 Å². The molecule has 0 aliphatic heterocycles. The maximum Gasteiger partial charge on any atom is 0.245 e. The Hall–Kier alpha value is -0.300. The van der Waals surface area contributed by atoms with E-state index in [0.29, 0.717) is 0 Å². The third kappa shape index (κ3) is 12.2. The van der Waals surface area contributed by atoms with Crippen LogP contribution in [0.1, 0.15) is 84.5 Å². The maximum absolute atomic E-state index is 11.0. The molecule has 0 aromatic heterocycles. The molecule has 0 unspecified atom stereocenters. The number of carbonyl (C=O) groups excluding carboxylic acids is 1. The van der Waals surface area contributed by atoms with Gasteiger partial charge in [-0.3, -0.25) is 4.79 Å². The van der Waals surface area contributed by atoms with Crippen LogP contribution in [0.15, 0.2) is 11.6 Å². The zero-order valence-corrected chi connectivity index (χ0v) is 12.9. The molecule has 18 heavy (non-hydrogen) atoms. The van der Waals surface area contributed by atoms with Crippen molar-refractivity contribution in [2.75, 3.05) is 0 Å². The second-order valence-corrected chi connectivity index (χ2v) is 5.45. The molecular weight excluding hydrogens is 244 g/mol. The molecule has 2 heteroatoms. The van der Waals surface area contributed by atoms with Crippen molar-refractivity contribution >= 4 is 16.8 Å². The van der Waals surface area contributed by atoms with Gasteiger partial charge in [0.1, 0.15) is 0 Å². The molecule has 0 N–H and O–H groups in total. The van der Waals surface area contributed by atoms with E-state index in [9.17, 15) is 4.79 Å². The van der Waals surface area contributed by atoms with Gasteiger partial charge in [-0.25, -0.2) is 0 Å². The van der Waals surface area contributed by atoms with Crippen LogP contribution in [0.3, 0.4) is 0 Å². The Morgan fingerprint density at radius 2 is 1.28 bits per heavy atom. The number of hydrogen-bond donors (Lipinski definition) is 0. The zero-order valence-electron chi connectivity index (χ0n) is 12.1. The van der Waals surface area contributed by atoms with E-state index in [4.69, 9.17) is 11.6 Å². The Labute approximate surface area is 118 Å². The summed E-state index contributed by atoms with van der Waals surface area (Å²) >= 11 is 5.46. The van der Waals surface area contributed by atoms with Crippen LogP contribution in [0.4, 0.5) is 0 Å². The molecule has 0 fully saturated rings. The van der Waals surface area contributed by atoms with Crippen molar-refractivity contribution in [1.29, 1.82) is 0 Å². The van der Waals surface area contributed by atoms with Crippen LogP contribution in [-0.2, 0) is 4.79 Å². The predicted molar refractivity (Wildman–Crippen MR) is 81.1 cm³/mol. The Balaban J connectivity index is 3.82. The molecule has 0 aromatic carbocycles. The lowest BCUT2D eigenvalue weighted by molar-refractivity contribution is -0.107. The van der Waals surface area contributed by atoms with Crippen LogP contribution in [0.2, 0.25) is 0 Å². The van der Waals surface area contributed by atoms with Gasteiger partial charge in [0, 0.05) is 0 Å². The largest absolute Gasteiger partial charge is 0.276 e. The molecule has 0 radical (unpaired) electrons. The van der Waals surface area contributed by atoms with Crippen molar-refractivity contribution in [3.63, 3.8) is 0 Å². The van der Waals surface area contributed by atoms with Crippen molar-refractivity contribution in [1.82, 2.24) is 0 Å². The number of carbonyl (C=O) groups is 1. The zero-order chi connectivity index (χ0) is 13.6. The van der Waals surface area contributed by atoms with E-state index in [-0.39, 0.29) is 5.24 Å². The van der Waals surface area contributed by atoms with Gasteiger partial charge in [0.15, 0.2) is 0 Å². The molecule has 106 valence electrons. The highest BCUT2D eigenvalue weighted by molar-refractivity contribution is 6.66. The van der Waals surface area contributed by atoms with Crippen molar-refractivity contribution in [3.05, 3.63) is 11.6 Å². The fraction of sp³-hybridized carbons (Fsp3) is 0.812. The maximum atomic E-state index is 11.0. The lowest BCUT2D eigenvalue weighted by Gasteiger charge is -2.07. The quantitative estimate of drug-likeness (QED) is 0.242. The van der Waals surface area contributed by atoms with E-state index >= 15 is 0 Å². The minimum absolute atomic E-state index is 0.311. The number of rotatable bonds is 12. The normalized spacial score (nSPS) is 11.8. The van der Waals surface area contributed by atoms with Crippen molar-refractivity contribution in [2.45, 2.75) is 84.5 Å². The minimum Gasteiger partial charge on any atom is -0.276 e. The number of allylic oxidation sites excluding steroid dienone is 2. The highest BCUT2D eigenvalue weighted by atomic mass is 35.5. The number of unbranched alkanes of at least 4 members (excludes halogenated alkanes) is 7. The van der Waals surface area contributed by atoms with Gasteiger partial charge in [-0.2, -0.15) is 0 Å². The van der Waals surface area contributed by atoms with Crippen LogP contribution < -0.4 is 0 Å². The lowest BCUT2D eigenvalue weighted by atomic mass is 10.00. The van der Waals surface area contributed by atoms with Crippen molar-refractivity contribution in [2.24, 2.45) is 0 Å². The van der Waals surface area contributed by atoms with Gasteiger partial charge in [0.2, 0.25) is 5.24 Å². The highest BCUT2D eigenvalue weighted by Crippen LogP contribution is 2.18. The fourth-order valence-corrected chi connectivity index (χ4v) is 2.32. The summed E-state index contributed by atoms with van der Waals surface area (Å²) in [6.45, 7) is 4.44. The summed E-state index contributed by atoms with van der Waals surface area (Å²) in [5, 5.41) is -0.311. The first kappa shape index (κ1) is 17.7. The molecule has 0 saturated carbocycles. The average molecular weight is 273 g/mol. The molecule has 0 saturated heterocycles. The minimum atomic E-state index is -0.311. The topological polar surface area (TPSA) is 17.1 Å². The van der Waals surface area contributed by atoms with E-state index in [1.807, 2.05) is 0 Å². The molecule has 0 aromatic rings. The van der Waals surface area contributed by atoms with E-state index < -0.39 is 0 Å². The van der Waals surface area contributed by atoms with E-state index in [1.54, 1.807) is 6.08 Å². The van der Waals surface area contributed by atoms with Gasteiger partial charge in [0.05, 0.1) is 0 Å². The van der Waals surface area contributed by atoms with Gasteiger partial charge in [-0.15, -0.1) is 0 Å². The van der Waals surface area contributed by atoms with E-state index in [0.717, 1.165) is 12.8 Å². The van der Waals surface area contributed by atoms with Crippen LogP contribution in [-0.4, -0.2) is 5.24 Å². The summed E-state index contributed by atoms with van der Waals surface area (Å²) in [5.41, 5.74) is 1.25. The highest BCUT2D eigenvalue weighted by Gasteiger charge is 2.01. The SMILES string of the molecule is CCCCCCC/C(=C/C(=O)Cl)CCCCCC. The first-order valence-electron chi connectivity index (χ1n) is 7.59. The summed E-state index contributed by atoms with van der Waals surface area (Å²) in [7, 11) is 0. The molecule has 1 nitrogen and oxygen atoms in total. The summed E-state index contributed by atoms with van der Waals surface area (Å²) < 4.78 is 0. The Kier molecular flexibility index (Phi) is 12.9. The molecule has 0 aliphatic rings. The van der Waals surface area contributed by atoms with E-state index in [1.165, 1.54) is 63.4 Å². The Morgan fingerprint density at radius 1 is 0.833 bits per heavy atom. The smallest absolute Gasteiger partial charge is 0.245 e. The standard InChI is InChI=1S/C16H29ClO/c1-3-5-7-9-11-13-15(14-16(17)18)12-10-8-6-4-2/h14H,3-13H2,1-2H3/b15-14+. The van der Waals surface area contributed by atoms with E-state index in [2.05, 4.69) is 13.8 Å². The van der Waals surface area contributed by atoms with Crippen LogP contribution in [0.5, 0.6) is 0 Å². The first-order chi connectivity index (χ1) is 8.70. The molecule has 0 atom stereocenters. The molecule has 0 spiro atoms. The molecule has 0 heterocycles. The van der Waals surface area contributed by atoms with Crippen LogP contribution in [0.25, 0.3) is 0 Å². The first-order valence-corrected chi connectivity index (χ1v) is 7.97. The molecular formula is C16H29ClO. The lowest BCUT2D eigenvalue weighted by Crippen LogP contribution is -1.90. The number of halogens is 1. The van der Waals surface area contributed by atoms with Gasteiger partial charge >= 0.3 is 0 Å². The average Bonchev–Trinajstić information content (AvgIpc) is 2.33.